The van der Waals surface area contributed by atoms with Crippen LogP contribution in [0.5, 0.6) is 0 Å². The number of esters is 1. The highest BCUT2D eigenvalue weighted by Gasteiger charge is 2.65. The van der Waals surface area contributed by atoms with Crippen LogP contribution in [-0.4, -0.2) is 17.4 Å². The Morgan fingerprint density at radius 2 is 2.04 bits per heavy atom. The average Bonchev–Trinajstić information content (AvgIpc) is 2.95. The summed E-state index contributed by atoms with van der Waals surface area (Å²) in [6.07, 6.45) is 17.0. The van der Waals surface area contributed by atoms with Gasteiger partial charge in [0.2, 0.25) is 0 Å². The van der Waals surface area contributed by atoms with Crippen molar-refractivity contribution in [2.45, 2.75) is 77.2 Å². The highest BCUT2D eigenvalue weighted by molar-refractivity contribution is 5.91. The molecule has 0 radical (unpaired) electrons. The molecule has 26 heavy (non-hydrogen) atoms. The molecule has 0 N–H and O–H groups in total. The van der Waals surface area contributed by atoms with E-state index in [0.29, 0.717) is 35.9 Å². The van der Waals surface area contributed by atoms with Crippen molar-refractivity contribution in [2.75, 3.05) is 0 Å². The van der Waals surface area contributed by atoms with E-state index < -0.39 is 5.60 Å². The quantitative estimate of drug-likeness (QED) is 0.543. The van der Waals surface area contributed by atoms with Crippen molar-refractivity contribution in [3.05, 3.63) is 11.6 Å². The van der Waals surface area contributed by atoms with Gasteiger partial charge in [-0.3, -0.25) is 9.59 Å². The molecule has 0 amide bonds. The molecule has 0 aromatic rings. The zero-order valence-corrected chi connectivity index (χ0v) is 16.1. The fourth-order valence-electron chi connectivity index (χ4n) is 7.36. The lowest BCUT2D eigenvalue weighted by Crippen LogP contribution is -2.55. The van der Waals surface area contributed by atoms with Crippen molar-refractivity contribution in [3.8, 4) is 12.3 Å². The molecule has 4 rings (SSSR count). The monoisotopic (exact) mass is 354 g/mol. The normalized spacial score (nSPS) is 44.2. The van der Waals surface area contributed by atoms with Crippen LogP contribution in [0.25, 0.3) is 0 Å². The molecule has 3 heteroatoms. The Bertz CT molecular complexity index is 699. The second-order valence-electron chi connectivity index (χ2n) is 8.96. The van der Waals surface area contributed by atoms with Crippen molar-refractivity contribution < 1.29 is 14.3 Å². The number of fused-ring (bicyclic) bond motifs is 5. The summed E-state index contributed by atoms with van der Waals surface area (Å²) in [5, 5.41) is 0. The van der Waals surface area contributed by atoms with Gasteiger partial charge in [-0.25, -0.2) is 0 Å². The molecule has 3 nitrogen and oxygen atoms in total. The number of carbonyl (C=O) groups is 2. The Balaban J connectivity index is 1.68. The van der Waals surface area contributed by atoms with Gasteiger partial charge in [0, 0.05) is 18.8 Å². The summed E-state index contributed by atoms with van der Waals surface area (Å²) >= 11 is 0. The maximum absolute atomic E-state index is 11.8. The summed E-state index contributed by atoms with van der Waals surface area (Å²) in [5.74, 6) is 5.49. The fraction of sp³-hybridized carbons (Fsp3) is 0.739. The van der Waals surface area contributed by atoms with E-state index in [1.165, 1.54) is 12.5 Å². The van der Waals surface area contributed by atoms with Crippen LogP contribution in [0.15, 0.2) is 11.6 Å². The van der Waals surface area contributed by atoms with Gasteiger partial charge < -0.3 is 4.74 Å². The maximum Gasteiger partial charge on any atom is 0.304 e. The second kappa shape index (κ2) is 6.25. The number of rotatable bonds is 2. The van der Waals surface area contributed by atoms with Crippen LogP contribution >= 0.6 is 0 Å². The van der Waals surface area contributed by atoms with E-state index in [4.69, 9.17) is 11.2 Å². The van der Waals surface area contributed by atoms with Gasteiger partial charge in [0.25, 0.3) is 0 Å². The lowest BCUT2D eigenvalue weighted by molar-refractivity contribution is -0.170. The Labute approximate surface area is 156 Å². The third-order valence-electron chi connectivity index (χ3n) is 8.30. The Hall–Kier alpha value is -1.56. The first-order valence-corrected chi connectivity index (χ1v) is 10.4. The Morgan fingerprint density at radius 1 is 1.23 bits per heavy atom. The lowest BCUT2D eigenvalue weighted by Gasteiger charge is -2.56. The molecular formula is C23H30O3. The van der Waals surface area contributed by atoms with Crippen LogP contribution in [0.1, 0.15) is 71.6 Å². The number of terminal acetylenes is 1. The van der Waals surface area contributed by atoms with Crippen molar-refractivity contribution >= 4 is 11.8 Å². The number of ketones is 1. The molecule has 3 saturated carbocycles. The van der Waals surface area contributed by atoms with Gasteiger partial charge in [0.1, 0.15) is 0 Å². The summed E-state index contributed by atoms with van der Waals surface area (Å²) in [5.41, 5.74) is 0.620. The van der Waals surface area contributed by atoms with Crippen LogP contribution in [-0.2, 0) is 14.3 Å². The zero-order chi connectivity index (χ0) is 18.5. The van der Waals surface area contributed by atoms with Gasteiger partial charge >= 0.3 is 5.97 Å². The molecule has 1 unspecified atom stereocenters. The first-order valence-electron chi connectivity index (χ1n) is 10.4. The van der Waals surface area contributed by atoms with E-state index >= 15 is 0 Å². The van der Waals surface area contributed by atoms with Gasteiger partial charge in [-0.1, -0.05) is 18.4 Å². The van der Waals surface area contributed by atoms with E-state index in [0.717, 1.165) is 51.4 Å². The van der Waals surface area contributed by atoms with Gasteiger partial charge in [-0.2, -0.15) is 0 Å². The van der Waals surface area contributed by atoms with E-state index in [1.54, 1.807) is 0 Å². The number of hydrogen-bond acceptors (Lipinski definition) is 3. The first kappa shape index (κ1) is 17.8. The molecule has 0 aromatic carbocycles. The van der Waals surface area contributed by atoms with Crippen molar-refractivity contribution in [2.24, 2.45) is 29.1 Å². The lowest BCUT2D eigenvalue weighted by atomic mass is 9.49. The van der Waals surface area contributed by atoms with E-state index in [1.807, 2.05) is 6.08 Å². The third-order valence-corrected chi connectivity index (χ3v) is 8.30. The van der Waals surface area contributed by atoms with Crippen LogP contribution < -0.4 is 0 Å². The predicted octanol–water partition coefficient (Wildman–Crippen LogP) is 4.45. The van der Waals surface area contributed by atoms with Gasteiger partial charge in [-0.15, -0.1) is 6.42 Å². The van der Waals surface area contributed by atoms with Crippen molar-refractivity contribution in [1.29, 1.82) is 0 Å². The number of allylic oxidation sites excluding steroid dienone is 1. The molecule has 0 aliphatic heterocycles. The molecule has 0 saturated heterocycles. The molecule has 0 aromatic heterocycles. The topological polar surface area (TPSA) is 43.4 Å². The molecule has 0 spiro atoms. The summed E-state index contributed by atoms with van der Waals surface area (Å²) in [6, 6.07) is 0. The third kappa shape index (κ3) is 2.34. The van der Waals surface area contributed by atoms with Gasteiger partial charge in [0.15, 0.2) is 11.4 Å². The molecule has 3 fully saturated rings. The largest absolute Gasteiger partial charge is 0.445 e. The number of ether oxygens (including phenoxy) is 1. The average molecular weight is 354 g/mol. The van der Waals surface area contributed by atoms with Crippen LogP contribution in [0.4, 0.5) is 0 Å². The van der Waals surface area contributed by atoms with E-state index in [9.17, 15) is 9.59 Å². The van der Waals surface area contributed by atoms with Crippen LogP contribution in [0.3, 0.4) is 0 Å². The summed E-state index contributed by atoms with van der Waals surface area (Å²) < 4.78 is 5.88. The van der Waals surface area contributed by atoms with Crippen LogP contribution in [0, 0.1) is 41.4 Å². The van der Waals surface area contributed by atoms with Crippen molar-refractivity contribution in [3.63, 3.8) is 0 Å². The molecular weight excluding hydrogens is 324 g/mol. The smallest absolute Gasteiger partial charge is 0.304 e. The summed E-state index contributed by atoms with van der Waals surface area (Å²) in [7, 11) is 0. The molecule has 6 atom stereocenters. The van der Waals surface area contributed by atoms with E-state index in [-0.39, 0.29) is 11.4 Å². The molecule has 0 bridgehead atoms. The fourth-order valence-corrected chi connectivity index (χ4v) is 7.36. The standard InChI is InChI=1S/C23H30O3/c1-4-22-12-10-19-18-9-7-17(25)14-16(18)6-8-20(19)21(22)11-13-23(22,5-2)26-15(3)24/h2,14,18-21H,4,6-13H2,1,3H3/t18-,19+,20+,21-,22?,23-/m0/s1. The Kier molecular flexibility index (Phi) is 4.29. The summed E-state index contributed by atoms with van der Waals surface area (Å²) in [4.78, 5) is 23.7. The number of hydrogen-bond donors (Lipinski definition) is 0. The van der Waals surface area contributed by atoms with Crippen LogP contribution in [0.2, 0.25) is 0 Å². The summed E-state index contributed by atoms with van der Waals surface area (Å²) in [6.45, 7) is 3.71. The minimum atomic E-state index is -0.720. The molecule has 4 aliphatic rings. The SMILES string of the molecule is C#C[C@]1(OC(C)=O)CC[C@H]2[C@@H]3CCC4=CC(=O)CC[C@@H]4[C@H]3CCC21CC. The van der Waals surface area contributed by atoms with Gasteiger partial charge in [0.05, 0.1) is 0 Å². The number of carbonyl (C=O) groups excluding carboxylic acids is 2. The maximum atomic E-state index is 11.8. The van der Waals surface area contributed by atoms with Gasteiger partial charge in [-0.05, 0) is 81.1 Å². The van der Waals surface area contributed by atoms with Crippen molar-refractivity contribution in [1.82, 2.24) is 0 Å². The highest BCUT2D eigenvalue weighted by Crippen LogP contribution is 2.67. The van der Waals surface area contributed by atoms with E-state index in [2.05, 4.69) is 12.8 Å². The second-order valence-corrected chi connectivity index (χ2v) is 8.96. The Morgan fingerprint density at radius 3 is 2.73 bits per heavy atom. The minimum Gasteiger partial charge on any atom is -0.445 e. The predicted molar refractivity (Wildman–Crippen MR) is 100 cm³/mol. The zero-order valence-electron chi connectivity index (χ0n) is 16.1. The highest BCUT2D eigenvalue weighted by atomic mass is 16.6. The first-order chi connectivity index (χ1) is 12.5. The molecule has 4 aliphatic carbocycles. The molecule has 140 valence electrons. The minimum absolute atomic E-state index is 0.0692. The molecule has 0 heterocycles.